The molecule has 0 aliphatic carbocycles. The van der Waals surface area contributed by atoms with E-state index in [2.05, 4.69) is 15.6 Å². The molecule has 134 valence electrons. The van der Waals surface area contributed by atoms with Crippen molar-refractivity contribution >= 4 is 51.6 Å². The summed E-state index contributed by atoms with van der Waals surface area (Å²) in [5, 5.41) is 7.33. The van der Waals surface area contributed by atoms with Crippen LogP contribution in [0.2, 0.25) is 10.0 Å². The number of hydrogen-bond donors (Lipinski definition) is 3. The highest BCUT2D eigenvalue weighted by molar-refractivity contribution is 6.35. The lowest BCUT2D eigenvalue weighted by atomic mass is 10.1. The molecule has 0 saturated carbocycles. The quantitative estimate of drug-likeness (QED) is 0.553. The van der Waals surface area contributed by atoms with Crippen LogP contribution in [0.1, 0.15) is 12.0 Å². The number of halogens is 2. The van der Waals surface area contributed by atoms with Crippen LogP contribution in [0.15, 0.2) is 48.7 Å². The number of para-hydroxylation sites is 1. The Bertz CT molecular complexity index is 933. The summed E-state index contributed by atoms with van der Waals surface area (Å²) in [4.78, 5) is 27.1. The SMILES string of the molecule is O=C(CC(=O)Nc1cc(Cl)cc(Cl)c1)NCCc1c[nH]c2ccccc12. The third-order valence-corrected chi connectivity index (χ3v) is 4.30. The maximum Gasteiger partial charge on any atom is 0.233 e. The van der Waals surface area contributed by atoms with E-state index in [9.17, 15) is 9.59 Å². The van der Waals surface area contributed by atoms with E-state index in [1.54, 1.807) is 18.2 Å². The number of benzene rings is 2. The van der Waals surface area contributed by atoms with Gasteiger partial charge >= 0.3 is 0 Å². The monoisotopic (exact) mass is 389 g/mol. The van der Waals surface area contributed by atoms with E-state index < -0.39 is 5.91 Å². The molecule has 3 N–H and O–H groups in total. The van der Waals surface area contributed by atoms with Crippen LogP contribution in [-0.4, -0.2) is 23.3 Å². The Morgan fingerprint density at radius 2 is 1.73 bits per heavy atom. The lowest BCUT2D eigenvalue weighted by Gasteiger charge is -2.07. The van der Waals surface area contributed by atoms with Gasteiger partial charge in [0.25, 0.3) is 0 Å². The van der Waals surface area contributed by atoms with Crippen molar-refractivity contribution in [2.24, 2.45) is 0 Å². The third-order valence-electron chi connectivity index (χ3n) is 3.86. The molecule has 2 aromatic carbocycles. The first-order chi connectivity index (χ1) is 12.5. The number of amides is 2. The van der Waals surface area contributed by atoms with Crippen LogP contribution in [-0.2, 0) is 16.0 Å². The minimum Gasteiger partial charge on any atom is -0.361 e. The predicted octanol–water partition coefficient (Wildman–Crippen LogP) is 4.16. The first-order valence-electron chi connectivity index (χ1n) is 8.09. The van der Waals surface area contributed by atoms with E-state index in [0.29, 0.717) is 28.7 Å². The number of aromatic nitrogens is 1. The standard InChI is InChI=1S/C19H17Cl2N3O2/c20-13-7-14(21)9-15(8-13)24-19(26)10-18(25)22-6-5-12-11-23-17-4-2-1-3-16(12)17/h1-4,7-9,11,23H,5-6,10H2,(H,22,25)(H,24,26). The van der Waals surface area contributed by atoms with Gasteiger partial charge in [0, 0.05) is 39.4 Å². The van der Waals surface area contributed by atoms with Crippen LogP contribution in [0, 0.1) is 0 Å². The van der Waals surface area contributed by atoms with Crippen molar-refractivity contribution < 1.29 is 9.59 Å². The second kappa shape index (κ2) is 8.25. The second-order valence-electron chi connectivity index (χ2n) is 5.84. The minimum absolute atomic E-state index is 0.266. The fourth-order valence-corrected chi connectivity index (χ4v) is 3.24. The maximum absolute atomic E-state index is 11.9. The number of carbonyl (C=O) groups is 2. The molecule has 0 radical (unpaired) electrons. The summed E-state index contributed by atoms with van der Waals surface area (Å²) in [5.74, 6) is -0.761. The summed E-state index contributed by atoms with van der Waals surface area (Å²) in [6.07, 6.45) is 2.35. The number of hydrogen-bond acceptors (Lipinski definition) is 2. The number of H-pyrrole nitrogens is 1. The molecular weight excluding hydrogens is 373 g/mol. The molecule has 0 bridgehead atoms. The summed E-state index contributed by atoms with van der Waals surface area (Å²) >= 11 is 11.8. The van der Waals surface area contributed by atoms with Crippen LogP contribution in [0.5, 0.6) is 0 Å². The lowest BCUT2D eigenvalue weighted by Crippen LogP contribution is -2.29. The summed E-state index contributed by atoms with van der Waals surface area (Å²) in [5.41, 5.74) is 2.64. The second-order valence-corrected chi connectivity index (χ2v) is 6.72. The summed E-state index contributed by atoms with van der Waals surface area (Å²) in [7, 11) is 0. The Morgan fingerprint density at radius 3 is 2.50 bits per heavy atom. The van der Waals surface area contributed by atoms with Crippen molar-refractivity contribution in [1.82, 2.24) is 10.3 Å². The molecule has 0 unspecified atom stereocenters. The molecule has 26 heavy (non-hydrogen) atoms. The zero-order valence-corrected chi connectivity index (χ0v) is 15.3. The first kappa shape index (κ1) is 18.3. The number of rotatable bonds is 6. The van der Waals surface area contributed by atoms with Gasteiger partial charge in [0.1, 0.15) is 6.42 Å². The lowest BCUT2D eigenvalue weighted by molar-refractivity contribution is -0.126. The van der Waals surface area contributed by atoms with E-state index in [4.69, 9.17) is 23.2 Å². The van der Waals surface area contributed by atoms with Crippen molar-refractivity contribution in [3.05, 3.63) is 64.3 Å². The minimum atomic E-state index is -0.423. The predicted molar refractivity (Wildman–Crippen MR) is 105 cm³/mol. The molecule has 5 nitrogen and oxygen atoms in total. The van der Waals surface area contributed by atoms with Gasteiger partial charge in [-0.15, -0.1) is 0 Å². The van der Waals surface area contributed by atoms with Gasteiger partial charge in [0.15, 0.2) is 0 Å². The number of aromatic amines is 1. The Kier molecular flexibility index (Phi) is 5.81. The number of anilines is 1. The summed E-state index contributed by atoms with van der Waals surface area (Å²) < 4.78 is 0. The Hall–Kier alpha value is -2.50. The van der Waals surface area contributed by atoms with E-state index in [1.165, 1.54) is 0 Å². The zero-order valence-electron chi connectivity index (χ0n) is 13.8. The molecule has 0 aliphatic heterocycles. The fourth-order valence-electron chi connectivity index (χ4n) is 2.71. The molecule has 3 aromatic rings. The van der Waals surface area contributed by atoms with Gasteiger partial charge in [-0.05, 0) is 36.2 Å². The molecule has 3 rings (SSSR count). The van der Waals surface area contributed by atoms with E-state index in [-0.39, 0.29) is 12.3 Å². The van der Waals surface area contributed by atoms with Crippen molar-refractivity contribution in [1.29, 1.82) is 0 Å². The van der Waals surface area contributed by atoms with E-state index >= 15 is 0 Å². The van der Waals surface area contributed by atoms with E-state index in [1.807, 2.05) is 30.5 Å². The third kappa shape index (κ3) is 4.77. The molecule has 0 spiro atoms. The molecule has 0 aliphatic rings. The molecule has 2 amide bonds. The molecule has 1 heterocycles. The van der Waals surface area contributed by atoms with Crippen LogP contribution in [0.4, 0.5) is 5.69 Å². The smallest absolute Gasteiger partial charge is 0.233 e. The maximum atomic E-state index is 11.9. The highest BCUT2D eigenvalue weighted by Gasteiger charge is 2.11. The number of fused-ring (bicyclic) bond motifs is 1. The van der Waals surface area contributed by atoms with Gasteiger partial charge in [-0.3, -0.25) is 9.59 Å². The van der Waals surface area contributed by atoms with Gasteiger partial charge in [-0.2, -0.15) is 0 Å². The Labute approximate surface area is 160 Å². The molecule has 0 atom stereocenters. The molecular formula is C19H17Cl2N3O2. The van der Waals surface area contributed by atoms with Crippen LogP contribution >= 0.6 is 23.2 Å². The highest BCUT2D eigenvalue weighted by atomic mass is 35.5. The average Bonchev–Trinajstić information content (AvgIpc) is 2.97. The summed E-state index contributed by atoms with van der Waals surface area (Å²) in [6, 6.07) is 12.7. The summed E-state index contributed by atoms with van der Waals surface area (Å²) in [6.45, 7) is 0.455. The Morgan fingerprint density at radius 1 is 1.00 bits per heavy atom. The highest BCUT2D eigenvalue weighted by Crippen LogP contribution is 2.22. The average molecular weight is 390 g/mol. The first-order valence-corrected chi connectivity index (χ1v) is 8.84. The molecule has 0 saturated heterocycles. The van der Waals surface area contributed by atoms with E-state index in [0.717, 1.165) is 16.5 Å². The van der Waals surface area contributed by atoms with Crippen molar-refractivity contribution in [3.63, 3.8) is 0 Å². The van der Waals surface area contributed by atoms with Crippen LogP contribution in [0.25, 0.3) is 10.9 Å². The van der Waals surface area contributed by atoms with Crippen molar-refractivity contribution in [2.45, 2.75) is 12.8 Å². The zero-order chi connectivity index (χ0) is 18.5. The van der Waals surface area contributed by atoms with Gasteiger partial charge < -0.3 is 15.6 Å². The number of nitrogens with one attached hydrogen (secondary N) is 3. The molecule has 7 heteroatoms. The topological polar surface area (TPSA) is 74.0 Å². The Balaban J connectivity index is 1.47. The van der Waals surface area contributed by atoms with Gasteiger partial charge in [-0.25, -0.2) is 0 Å². The van der Waals surface area contributed by atoms with Gasteiger partial charge in [-0.1, -0.05) is 41.4 Å². The molecule has 0 fully saturated rings. The molecule has 1 aromatic heterocycles. The largest absolute Gasteiger partial charge is 0.361 e. The normalized spacial score (nSPS) is 10.7. The number of carbonyl (C=O) groups excluding carboxylic acids is 2. The van der Waals surface area contributed by atoms with Crippen molar-refractivity contribution in [3.8, 4) is 0 Å². The van der Waals surface area contributed by atoms with Gasteiger partial charge in [0.2, 0.25) is 11.8 Å². The van der Waals surface area contributed by atoms with Crippen LogP contribution < -0.4 is 10.6 Å². The van der Waals surface area contributed by atoms with Gasteiger partial charge in [0.05, 0.1) is 0 Å². The fraction of sp³-hybridized carbons (Fsp3) is 0.158. The van der Waals surface area contributed by atoms with Crippen LogP contribution in [0.3, 0.4) is 0 Å². The van der Waals surface area contributed by atoms with Crippen molar-refractivity contribution in [2.75, 3.05) is 11.9 Å².